The van der Waals surface area contributed by atoms with E-state index >= 15 is 0 Å². The average Bonchev–Trinajstić information content (AvgIpc) is 3.07. The molecule has 0 fully saturated rings. The van der Waals surface area contributed by atoms with Gasteiger partial charge in [-0.15, -0.1) is 0 Å². The molecule has 0 atom stereocenters. The van der Waals surface area contributed by atoms with E-state index in [9.17, 15) is 17.6 Å². The minimum atomic E-state index is -3.60. The first kappa shape index (κ1) is 19.8. The van der Waals surface area contributed by atoms with Crippen molar-refractivity contribution in [3.05, 3.63) is 64.7 Å². The second-order valence-electron chi connectivity index (χ2n) is 6.84. The van der Waals surface area contributed by atoms with Crippen LogP contribution in [0.2, 0.25) is 0 Å². The Balaban J connectivity index is 2.00. The van der Waals surface area contributed by atoms with Gasteiger partial charge in [-0.3, -0.25) is 9.78 Å². The summed E-state index contributed by atoms with van der Waals surface area (Å²) in [6.45, 7) is 0. The van der Waals surface area contributed by atoms with Crippen molar-refractivity contribution >= 4 is 27.0 Å². The van der Waals surface area contributed by atoms with Gasteiger partial charge in [0.05, 0.1) is 16.0 Å². The number of H-pyrrole nitrogens is 2. The van der Waals surface area contributed by atoms with Crippen molar-refractivity contribution in [2.24, 2.45) is 0 Å². The molecule has 30 heavy (non-hydrogen) atoms. The van der Waals surface area contributed by atoms with Crippen molar-refractivity contribution < 1.29 is 12.8 Å². The average molecular weight is 427 g/mol. The highest BCUT2D eigenvalue weighted by molar-refractivity contribution is 7.89. The summed E-state index contributed by atoms with van der Waals surface area (Å²) in [6.07, 6.45) is 0. The molecule has 4 rings (SSSR count). The Labute approximate surface area is 171 Å². The number of anilines is 1. The van der Waals surface area contributed by atoms with E-state index in [1.54, 1.807) is 30.3 Å². The van der Waals surface area contributed by atoms with Crippen molar-refractivity contribution in [2.45, 2.75) is 4.90 Å². The molecule has 0 aliphatic carbocycles. The first-order valence-corrected chi connectivity index (χ1v) is 10.3. The van der Waals surface area contributed by atoms with Crippen LogP contribution in [0.4, 0.5) is 10.3 Å². The van der Waals surface area contributed by atoms with Crippen molar-refractivity contribution in [3.63, 3.8) is 0 Å². The van der Waals surface area contributed by atoms with Crippen molar-refractivity contribution in [1.29, 1.82) is 0 Å². The second kappa shape index (κ2) is 7.08. The molecular formula is C20H18FN5O3S. The summed E-state index contributed by atoms with van der Waals surface area (Å²) in [6, 6.07) is 12.1. The molecule has 2 aromatic heterocycles. The number of fused-ring (bicyclic) bond motifs is 1. The molecule has 154 valence electrons. The molecule has 0 aliphatic heterocycles. The predicted octanol–water partition coefficient (Wildman–Crippen LogP) is 2.56. The van der Waals surface area contributed by atoms with Gasteiger partial charge in [-0.05, 0) is 23.8 Å². The Hall–Kier alpha value is -3.50. The molecule has 0 radical (unpaired) electrons. The van der Waals surface area contributed by atoms with Gasteiger partial charge in [-0.2, -0.15) is 4.98 Å². The van der Waals surface area contributed by atoms with Gasteiger partial charge in [0.15, 0.2) is 0 Å². The molecule has 4 N–H and O–H groups in total. The third-order valence-corrected chi connectivity index (χ3v) is 6.58. The SMILES string of the molecule is CN(C)S(=O)(=O)c1ccc(-c2[nH]c3nc(N)[nH]c(=O)c3c2-c2ccccc2F)cc1. The first-order chi connectivity index (χ1) is 14.2. The zero-order chi connectivity index (χ0) is 21.6. The lowest BCUT2D eigenvalue weighted by atomic mass is 9.99. The Morgan fingerprint density at radius 2 is 1.70 bits per heavy atom. The zero-order valence-corrected chi connectivity index (χ0v) is 16.9. The van der Waals surface area contributed by atoms with Gasteiger partial charge in [-0.25, -0.2) is 17.1 Å². The molecule has 0 unspecified atom stereocenters. The number of benzene rings is 2. The van der Waals surface area contributed by atoms with Gasteiger partial charge in [0.25, 0.3) is 5.56 Å². The maximum absolute atomic E-state index is 14.6. The summed E-state index contributed by atoms with van der Waals surface area (Å²) >= 11 is 0. The number of hydrogen-bond acceptors (Lipinski definition) is 5. The van der Waals surface area contributed by atoms with Gasteiger partial charge in [0.1, 0.15) is 11.5 Å². The highest BCUT2D eigenvalue weighted by atomic mass is 32.2. The third kappa shape index (κ3) is 3.15. The largest absolute Gasteiger partial charge is 0.369 e. The zero-order valence-electron chi connectivity index (χ0n) is 16.1. The monoisotopic (exact) mass is 427 g/mol. The molecule has 0 spiro atoms. The molecule has 4 aromatic rings. The van der Waals surface area contributed by atoms with Crippen molar-refractivity contribution in [2.75, 3.05) is 19.8 Å². The van der Waals surface area contributed by atoms with Crippen LogP contribution in [-0.2, 0) is 10.0 Å². The van der Waals surface area contributed by atoms with E-state index < -0.39 is 21.4 Å². The lowest BCUT2D eigenvalue weighted by Gasteiger charge is -2.12. The summed E-state index contributed by atoms with van der Waals surface area (Å²) in [5.74, 6) is -0.588. The summed E-state index contributed by atoms with van der Waals surface area (Å²) in [4.78, 5) is 22.3. The fourth-order valence-corrected chi connectivity index (χ4v) is 4.17. The maximum atomic E-state index is 14.6. The van der Waals surface area contributed by atoms with E-state index in [1.807, 2.05) is 0 Å². The minimum Gasteiger partial charge on any atom is -0.369 e. The third-order valence-electron chi connectivity index (χ3n) is 4.75. The predicted molar refractivity (Wildman–Crippen MR) is 113 cm³/mol. The van der Waals surface area contributed by atoms with Crippen LogP contribution < -0.4 is 11.3 Å². The summed E-state index contributed by atoms with van der Waals surface area (Å²) < 4.78 is 40.4. The van der Waals surface area contributed by atoms with Crippen LogP contribution in [0.15, 0.2) is 58.2 Å². The van der Waals surface area contributed by atoms with Gasteiger partial charge in [0, 0.05) is 25.2 Å². The molecule has 0 amide bonds. The molecule has 0 saturated carbocycles. The molecule has 0 aliphatic rings. The lowest BCUT2D eigenvalue weighted by molar-refractivity contribution is 0.521. The van der Waals surface area contributed by atoms with E-state index in [1.165, 1.54) is 32.3 Å². The number of nitrogen functional groups attached to an aromatic ring is 1. The maximum Gasteiger partial charge on any atom is 0.262 e. The Kier molecular flexibility index (Phi) is 4.67. The standard InChI is InChI=1S/C20H18FN5O3S/c1-26(2)30(28,29)12-9-7-11(8-10-12)17-15(13-5-3-4-6-14(13)21)16-18(23-17)24-20(22)25-19(16)27/h3-10H,1-2H3,(H4,22,23,24,25,27). The summed E-state index contributed by atoms with van der Waals surface area (Å²) in [7, 11) is -0.715. The molecule has 2 heterocycles. The smallest absolute Gasteiger partial charge is 0.262 e. The van der Waals surface area contributed by atoms with Crippen molar-refractivity contribution in [1.82, 2.24) is 19.3 Å². The number of aromatic nitrogens is 3. The van der Waals surface area contributed by atoms with Gasteiger partial charge >= 0.3 is 0 Å². The summed E-state index contributed by atoms with van der Waals surface area (Å²) in [5.41, 5.74) is 6.86. The topological polar surface area (TPSA) is 125 Å². The second-order valence-corrected chi connectivity index (χ2v) is 8.99. The van der Waals surface area contributed by atoms with Crippen LogP contribution in [0, 0.1) is 5.82 Å². The van der Waals surface area contributed by atoms with Crippen LogP contribution in [0.5, 0.6) is 0 Å². The van der Waals surface area contributed by atoms with Crippen LogP contribution >= 0.6 is 0 Å². The van der Waals surface area contributed by atoms with Gasteiger partial charge in [0.2, 0.25) is 16.0 Å². The van der Waals surface area contributed by atoms with E-state index in [2.05, 4.69) is 15.0 Å². The van der Waals surface area contributed by atoms with E-state index in [0.29, 0.717) is 16.8 Å². The fourth-order valence-electron chi connectivity index (χ4n) is 3.27. The number of halogens is 1. The number of nitrogens with zero attached hydrogens (tertiary/aromatic N) is 2. The molecule has 0 saturated heterocycles. The Bertz CT molecular complexity index is 1420. The van der Waals surface area contributed by atoms with Crippen LogP contribution in [0.1, 0.15) is 0 Å². The number of rotatable bonds is 4. The quantitative estimate of drug-likeness (QED) is 0.462. The van der Waals surface area contributed by atoms with E-state index in [-0.39, 0.29) is 27.4 Å². The van der Waals surface area contributed by atoms with Gasteiger partial charge in [-0.1, -0.05) is 30.3 Å². The van der Waals surface area contributed by atoms with Crippen LogP contribution in [-0.4, -0.2) is 41.8 Å². The molecule has 0 bridgehead atoms. The van der Waals surface area contributed by atoms with Crippen LogP contribution in [0.3, 0.4) is 0 Å². The number of hydrogen-bond donors (Lipinski definition) is 3. The normalized spacial score (nSPS) is 12.0. The first-order valence-electron chi connectivity index (χ1n) is 8.89. The van der Waals surface area contributed by atoms with Crippen LogP contribution in [0.25, 0.3) is 33.4 Å². The minimum absolute atomic E-state index is 0.0761. The molecular weight excluding hydrogens is 409 g/mol. The Morgan fingerprint density at radius 1 is 1.03 bits per heavy atom. The Morgan fingerprint density at radius 3 is 2.33 bits per heavy atom. The van der Waals surface area contributed by atoms with E-state index in [0.717, 1.165) is 4.31 Å². The summed E-state index contributed by atoms with van der Waals surface area (Å²) in [5, 5.41) is 0.161. The van der Waals surface area contributed by atoms with Crippen molar-refractivity contribution in [3.8, 4) is 22.4 Å². The highest BCUT2D eigenvalue weighted by Crippen LogP contribution is 2.37. The fraction of sp³-hybridized carbons (Fsp3) is 0.100. The number of nitrogens with two attached hydrogens (primary N) is 1. The van der Waals surface area contributed by atoms with E-state index in [4.69, 9.17) is 5.73 Å². The lowest BCUT2D eigenvalue weighted by Crippen LogP contribution is -2.22. The molecule has 2 aromatic carbocycles. The molecule has 10 heteroatoms. The number of aromatic amines is 2. The number of nitrogens with one attached hydrogen (secondary N) is 2. The number of sulfonamides is 1. The van der Waals surface area contributed by atoms with Gasteiger partial charge < -0.3 is 10.7 Å². The highest BCUT2D eigenvalue weighted by Gasteiger charge is 2.22. The molecule has 8 nitrogen and oxygen atoms in total.